The van der Waals surface area contributed by atoms with E-state index in [4.69, 9.17) is 11.6 Å². The van der Waals surface area contributed by atoms with Crippen molar-refractivity contribution >= 4 is 33.3 Å². The zero-order chi connectivity index (χ0) is 20.8. The number of hydrogen-bond acceptors (Lipinski definition) is 4. The van der Waals surface area contributed by atoms with Crippen LogP contribution in [0.3, 0.4) is 0 Å². The van der Waals surface area contributed by atoms with Gasteiger partial charge in [-0.2, -0.15) is 4.31 Å². The minimum absolute atomic E-state index is 0.0666. The van der Waals surface area contributed by atoms with E-state index in [9.17, 15) is 22.7 Å². The van der Waals surface area contributed by atoms with E-state index < -0.39 is 33.8 Å². The smallest absolute Gasteiger partial charge is 0.322 e. The number of carboxylic acids is 1. The molecule has 6 nitrogen and oxygen atoms in total. The summed E-state index contributed by atoms with van der Waals surface area (Å²) in [6.07, 6.45) is 0. The number of aryl methyl sites for hydroxylation is 1. The van der Waals surface area contributed by atoms with Gasteiger partial charge in [-0.3, -0.25) is 4.79 Å². The summed E-state index contributed by atoms with van der Waals surface area (Å²) in [5.74, 6) is -2.82. The van der Waals surface area contributed by atoms with Gasteiger partial charge in [0.05, 0.1) is 12.4 Å². The minimum Gasteiger partial charge on any atom is -0.480 e. The van der Waals surface area contributed by atoms with Crippen molar-refractivity contribution < 1.29 is 22.7 Å². The number of anilines is 1. The van der Waals surface area contributed by atoms with Crippen LogP contribution in [0.1, 0.15) is 29.5 Å². The van der Waals surface area contributed by atoms with Gasteiger partial charge in [0.2, 0.25) is 10.0 Å². The van der Waals surface area contributed by atoms with Crippen molar-refractivity contribution in [3.05, 3.63) is 57.9 Å². The van der Waals surface area contributed by atoms with Gasteiger partial charge < -0.3 is 10.4 Å². The lowest BCUT2D eigenvalue weighted by Gasteiger charge is -2.36. The molecule has 3 rings (SSSR count). The number of fused-ring (bicyclic) bond motifs is 1. The summed E-state index contributed by atoms with van der Waals surface area (Å²) in [6.45, 7) is 4.75. The highest BCUT2D eigenvalue weighted by Crippen LogP contribution is 2.37. The van der Waals surface area contributed by atoms with Crippen LogP contribution in [0.25, 0.3) is 0 Å². The second kappa shape index (κ2) is 7.35. The zero-order valence-electron chi connectivity index (χ0n) is 15.5. The summed E-state index contributed by atoms with van der Waals surface area (Å²) >= 11 is 5.92. The maximum atomic E-state index is 14.6. The summed E-state index contributed by atoms with van der Waals surface area (Å²) in [7, 11) is -4.12. The second-order valence-corrected chi connectivity index (χ2v) is 9.14. The Hall–Kier alpha value is -2.16. The average Bonchev–Trinajstić information content (AvgIpc) is 2.60. The number of hydrogen-bond donors (Lipinski definition) is 2. The average molecular weight is 427 g/mol. The molecule has 0 aromatic heterocycles. The van der Waals surface area contributed by atoms with E-state index in [1.807, 2.05) is 0 Å². The molecule has 1 heterocycles. The first-order chi connectivity index (χ1) is 13.1. The van der Waals surface area contributed by atoms with E-state index in [1.54, 1.807) is 19.9 Å². The molecule has 0 saturated heterocycles. The molecule has 0 radical (unpaired) electrons. The molecule has 28 heavy (non-hydrogen) atoms. The monoisotopic (exact) mass is 426 g/mol. The number of halogens is 2. The molecule has 0 saturated carbocycles. The number of rotatable bonds is 4. The van der Waals surface area contributed by atoms with Crippen LogP contribution in [-0.2, 0) is 14.8 Å². The highest BCUT2D eigenvalue weighted by molar-refractivity contribution is 7.89. The third-order valence-electron chi connectivity index (χ3n) is 5.18. The zero-order valence-corrected chi connectivity index (χ0v) is 17.1. The van der Waals surface area contributed by atoms with Crippen molar-refractivity contribution in [3.63, 3.8) is 0 Å². The van der Waals surface area contributed by atoms with Gasteiger partial charge in [0, 0.05) is 10.9 Å². The molecule has 2 aromatic rings. The molecule has 1 unspecified atom stereocenters. The Kier molecular flexibility index (Phi) is 5.40. The number of nitrogens with zero attached hydrogens (tertiary/aromatic N) is 1. The molecule has 0 amide bonds. The summed E-state index contributed by atoms with van der Waals surface area (Å²) in [4.78, 5) is 12.0. The van der Waals surface area contributed by atoms with Gasteiger partial charge in [0.15, 0.2) is 0 Å². The summed E-state index contributed by atoms with van der Waals surface area (Å²) in [5.41, 5.74) is 1.91. The normalized spacial score (nSPS) is 18.0. The Morgan fingerprint density at radius 1 is 1.29 bits per heavy atom. The maximum absolute atomic E-state index is 14.6. The fourth-order valence-electron chi connectivity index (χ4n) is 3.60. The molecule has 0 bridgehead atoms. The number of sulfonamides is 1. The Morgan fingerprint density at radius 3 is 2.61 bits per heavy atom. The van der Waals surface area contributed by atoms with E-state index in [2.05, 4.69) is 5.32 Å². The molecule has 0 aliphatic carbocycles. The third kappa shape index (κ3) is 3.36. The largest absolute Gasteiger partial charge is 0.480 e. The lowest BCUT2D eigenvalue weighted by molar-refractivity contribution is -0.142. The number of carboxylic acid groups (broad SMARTS) is 1. The van der Waals surface area contributed by atoms with Gasteiger partial charge >= 0.3 is 5.97 Å². The Balaban J connectivity index is 2.10. The molecule has 1 aliphatic rings. The van der Waals surface area contributed by atoms with E-state index in [0.29, 0.717) is 16.3 Å². The quantitative estimate of drug-likeness (QED) is 0.777. The molecular formula is C19H20ClFN2O4S. The van der Waals surface area contributed by atoms with Gasteiger partial charge in [0.1, 0.15) is 16.8 Å². The van der Waals surface area contributed by atoms with E-state index in [1.165, 1.54) is 31.2 Å². The molecule has 0 fully saturated rings. The molecule has 0 spiro atoms. The number of benzene rings is 2. The van der Waals surface area contributed by atoms with Crippen molar-refractivity contribution in [1.82, 2.24) is 4.31 Å². The Labute approximate surface area is 168 Å². The minimum atomic E-state index is -4.12. The Bertz CT molecular complexity index is 1060. The Morgan fingerprint density at radius 2 is 1.96 bits per heavy atom. The third-order valence-corrected chi connectivity index (χ3v) is 7.30. The van der Waals surface area contributed by atoms with E-state index >= 15 is 0 Å². The standard InChI is InChI=1S/C19H20ClFN2O4S/c1-10-4-6-14(21)17(11(10)2)12(3)18(19(24)25)23-9-22-15-8-13(20)5-7-16(15)28(23,26)27/h4-8,12,18,22H,9H2,1-3H3,(H,24,25)/t12?,18-/m0/s1. The molecule has 2 atom stereocenters. The fourth-order valence-corrected chi connectivity index (χ4v) is 5.48. The van der Waals surface area contributed by atoms with Crippen LogP contribution in [0.4, 0.5) is 10.1 Å². The first-order valence-electron chi connectivity index (χ1n) is 8.59. The highest BCUT2D eigenvalue weighted by Gasteiger charge is 2.43. The molecular weight excluding hydrogens is 407 g/mol. The van der Waals surface area contributed by atoms with Crippen molar-refractivity contribution in [3.8, 4) is 0 Å². The van der Waals surface area contributed by atoms with Gasteiger partial charge in [-0.1, -0.05) is 24.6 Å². The van der Waals surface area contributed by atoms with Crippen LogP contribution in [0.15, 0.2) is 35.2 Å². The van der Waals surface area contributed by atoms with Gasteiger partial charge in [-0.15, -0.1) is 0 Å². The van der Waals surface area contributed by atoms with Crippen molar-refractivity contribution in [2.75, 3.05) is 12.0 Å². The van der Waals surface area contributed by atoms with Crippen molar-refractivity contribution in [2.24, 2.45) is 0 Å². The van der Waals surface area contributed by atoms with Crippen molar-refractivity contribution in [1.29, 1.82) is 0 Å². The maximum Gasteiger partial charge on any atom is 0.322 e. The molecule has 9 heteroatoms. The number of nitrogens with one attached hydrogen (secondary N) is 1. The second-order valence-electron chi connectivity index (χ2n) is 6.84. The number of carbonyl (C=O) groups is 1. The van der Waals surface area contributed by atoms with E-state index in [-0.39, 0.29) is 17.1 Å². The molecule has 2 aromatic carbocycles. The predicted octanol–water partition coefficient (Wildman–Crippen LogP) is 3.73. The first-order valence-corrected chi connectivity index (χ1v) is 10.4. The lowest BCUT2D eigenvalue weighted by atomic mass is 9.87. The summed E-state index contributed by atoms with van der Waals surface area (Å²) in [6, 6.07) is 5.61. The van der Waals surface area contributed by atoms with Crippen molar-refractivity contribution in [2.45, 2.75) is 37.6 Å². The van der Waals surface area contributed by atoms with Crippen LogP contribution in [0.2, 0.25) is 5.02 Å². The molecule has 2 N–H and O–H groups in total. The van der Waals surface area contributed by atoms with Crippen LogP contribution in [-0.4, -0.2) is 36.5 Å². The van der Waals surface area contributed by atoms with Gasteiger partial charge in [-0.05, 0) is 54.8 Å². The SMILES string of the molecule is Cc1ccc(F)c(C(C)[C@@H](C(=O)O)N2CNc3cc(Cl)ccc3S2(=O)=O)c1C. The summed E-state index contributed by atoms with van der Waals surface area (Å²) < 4.78 is 41.7. The van der Waals surface area contributed by atoms with Gasteiger partial charge in [-0.25, -0.2) is 12.8 Å². The van der Waals surface area contributed by atoms with Crippen LogP contribution >= 0.6 is 11.6 Å². The molecule has 150 valence electrons. The van der Waals surface area contributed by atoms with Crippen LogP contribution in [0.5, 0.6) is 0 Å². The predicted molar refractivity (Wildman–Crippen MR) is 105 cm³/mol. The fraction of sp³-hybridized carbons (Fsp3) is 0.316. The highest BCUT2D eigenvalue weighted by atomic mass is 35.5. The lowest BCUT2D eigenvalue weighted by Crippen LogP contribution is -2.52. The first kappa shape index (κ1) is 20.6. The van der Waals surface area contributed by atoms with Crippen LogP contribution in [0, 0.1) is 19.7 Å². The van der Waals surface area contributed by atoms with E-state index in [0.717, 1.165) is 9.87 Å². The van der Waals surface area contributed by atoms with Crippen LogP contribution < -0.4 is 5.32 Å². The van der Waals surface area contributed by atoms with Gasteiger partial charge in [0.25, 0.3) is 0 Å². The summed E-state index contributed by atoms with van der Waals surface area (Å²) in [5, 5.41) is 13.1. The molecule has 1 aliphatic heterocycles. The number of aliphatic carboxylic acids is 1. The topological polar surface area (TPSA) is 86.7 Å².